The summed E-state index contributed by atoms with van der Waals surface area (Å²) in [6.45, 7) is 0.0287. The number of aliphatic hydroxyl groups is 1. The van der Waals surface area contributed by atoms with Gasteiger partial charge in [0.25, 0.3) is 0 Å². The molecule has 1 aromatic carbocycles. The predicted octanol–water partition coefficient (Wildman–Crippen LogP) is 0.983. The van der Waals surface area contributed by atoms with E-state index in [1.54, 1.807) is 24.5 Å². The van der Waals surface area contributed by atoms with Gasteiger partial charge in [-0.05, 0) is 42.7 Å². The Labute approximate surface area is 181 Å². The van der Waals surface area contributed by atoms with Crippen molar-refractivity contribution in [3.63, 3.8) is 0 Å². The quantitative estimate of drug-likeness (QED) is 0.521. The lowest BCUT2D eigenvalue weighted by atomic mass is 9.98. The van der Waals surface area contributed by atoms with Crippen molar-refractivity contribution in [2.24, 2.45) is 0 Å². The summed E-state index contributed by atoms with van der Waals surface area (Å²) in [6, 6.07) is 9.18. The van der Waals surface area contributed by atoms with E-state index in [0.717, 1.165) is 5.56 Å². The molecule has 9 nitrogen and oxygen atoms in total. The molecule has 1 saturated heterocycles. The SMILES string of the molecule is COc1cccc(S(=O)(=O)N[C@H]2CC[C@H](CC(=O)NCc3ccncc3)O[C@H]2CO)c1. The van der Waals surface area contributed by atoms with E-state index in [1.807, 2.05) is 12.1 Å². The number of ether oxygens (including phenoxy) is 2. The maximum Gasteiger partial charge on any atom is 0.241 e. The number of aliphatic hydroxyl groups excluding tert-OH is 1. The summed E-state index contributed by atoms with van der Waals surface area (Å²) in [4.78, 5) is 16.2. The zero-order valence-electron chi connectivity index (χ0n) is 17.2. The molecule has 0 radical (unpaired) electrons. The second-order valence-electron chi connectivity index (χ2n) is 7.30. The third-order valence-corrected chi connectivity index (χ3v) is 6.59. The number of pyridine rings is 1. The number of sulfonamides is 1. The molecule has 31 heavy (non-hydrogen) atoms. The number of carbonyl (C=O) groups is 1. The van der Waals surface area contributed by atoms with Gasteiger partial charge in [-0.15, -0.1) is 0 Å². The highest BCUT2D eigenvalue weighted by Gasteiger charge is 2.34. The Morgan fingerprint density at radius 2 is 2.03 bits per heavy atom. The van der Waals surface area contributed by atoms with E-state index in [1.165, 1.54) is 19.2 Å². The Kier molecular flexibility index (Phi) is 7.97. The van der Waals surface area contributed by atoms with E-state index >= 15 is 0 Å². The van der Waals surface area contributed by atoms with Crippen molar-refractivity contribution < 1.29 is 27.8 Å². The van der Waals surface area contributed by atoms with Gasteiger partial charge in [-0.1, -0.05) is 6.07 Å². The van der Waals surface area contributed by atoms with Gasteiger partial charge >= 0.3 is 0 Å². The number of amides is 1. The number of hydrogen-bond donors (Lipinski definition) is 3. The third kappa shape index (κ3) is 6.47. The minimum atomic E-state index is -3.82. The summed E-state index contributed by atoms with van der Waals surface area (Å²) in [5.74, 6) is 0.258. The van der Waals surface area contributed by atoms with Gasteiger partial charge in [-0.2, -0.15) is 0 Å². The van der Waals surface area contributed by atoms with E-state index in [2.05, 4.69) is 15.0 Å². The van der Waals surface area contributed by atoms with Crippen molar-refractivity contribution in [2.75, 3.05) is 13.7 Å². The number of benzene rings is 1. The van der Waals surface area contributed by atoms with E-state index in [0.29, 0.717) is 25.1 Å². The number of aromatic nitrogens is 1. The average molecular weight is 450 g/mol. The molecule has 0 saturated carbocycles. The lowest BCUT2D eigenvalue weighted by Crippen LogP contribution is -2.51. The fourth-order valence-electron chi connectivity index (χ4n) is 3.43. The first-order chi connectivity index (χ1) is 14.9. The second kappa shape index (κ2) is 10.7. The van der Waals surface area contributed by atoms with Crippen molar-refractivity contribution in [1.82, 2.24) is 15.0 Å². The normalized spacial score (nSPS) is 21.4. The average Bonchev–Trinajstić information content (AvgIpc) is 2.79. The summed E-state index contributed by atoms with van der Waals surface area (Å²) in [6.07, 6.45) is 3.24. The number of carbonyl (C=O) groups excluding carboxylic acids is 1. The van der Waals surface area contributed by atoms with Crippen LogP contribution in [0.15, 0.2) is 53.7 Å². The summed E-state index contributed by atoms with van der Waals surface area (Å²) in [5, 5.41) is 12.6. The van der Waals surface area contributed by atoms with Gasteiger partial charge in [-0.25, -0.2) is 13.1 Å². The highest BCUT2D eigenvalue weighted by atomic mass is 32.2. The lowest BCUT2D eigenvalue weighted by molar-refractivity contribution is -0.130. The molecule has 0 aliphatic carbocycles. The van der Waals surface area contributed by atoms with Gasteiger partial charge in [0.05, 0.1) is 43.3 Å². The maximum atomic E-state index is 12.7. The summed E-state index contributed by atoms with van der Waals surface area (Å²) in [7, 11) is -2.36. The van der Waals surface area contributed by atoms with Gasteiger partial charge in [0.1, 0.15) is 5.75 Å². The van der Waals surface area contributed by atoms with Crippen LogP contribution in [0, 0.1) is 0 Å². The highest BCUT2D eigenvalue weighted by Crippen LogP contribution is 2.24. The van der Waals surface area contributed by atoms with Gasteiger partial charge in [0, 0.05) is 25.0 Å². The molecule has 3 rings (SSSR count). The molecule has 2 aromatic rings. The number of nitrogens with one attached hydrogen (secondary N) is 2. The molecule has 3 atom stereocenters. The molecular weight excluding hydrogens is 422 g/mol. The fourth-order valence-corrected chi connectivity index (χ4v) is 4.77. The lowest BCUT2D eigenvalue weighted by Gasteiger charge is -2.35. The van der Waals surface area contributed by atoms with Crippen LogP contribution in [0.25, 0.3) is 0 Å². The number of methoxy groups -OCH3 is 1. The van der Waals surface area contributed by atoms with Crippen LogP contribution in [-0.2, 0) is 26.1 Å². The standard InChI is InChI=1S/C21H27N3O6S/c1-29-16-3-2-4-18(11-16)31(27,28)24-19-6-5-17(30-20(19)14-25)12-21(26)23-13-15-7-9-22-10-8-15/h2-4,7-11,17,19-20,24-25H,5-6,12-14H2,1H3,(H,23,26)/t17-,19+,20+/m1/s1. The Balaban J connectivity index is 1.54. The van der Waals surface area contributed by atoms with Gasteiger partial charge < -0.3 is 19.9 Å². The molecule has 168 valence electrons. The van der Waals surface area contributed by atoms with Crippen molar-refractivity contribution >= 4 is 15.9 Å². The molecular formula is C21H27N3O6S. The molecule has 0 bridgehead atoms. The van der Waals surface area contributed by atoms with Crippen molar-refractivity contribution in [3.05, 3.63) is 54.4 Å². The Morgan fingerprint density at radius 1 is 1.26 bits per heavy atom. The zero-order valence-corrected chi connectivity index (χ0v) is 18.0. The predicted molar refractivity (Wildman–Crippen MR) is 113 cm³/mol. The van der Waals surface area contributed by atoms with Crippen LogP contribution in [0.3, 0.4) is 0 Å². The van der Waals surface area contributed by atoms with Crippen molar-refractivity contribution in [3.8, 4) is 5.75 Å². The number of hydrogen-bond acceptors (Lipinski definition) is 7. The molecule has 1 fully saturated rings. The second-order valence-corrected chi connectivity index (χ2v) is 9.01. The first-order valence-corrected chi connectivity index (χ1v) is 11.5. The smallest absolute Gasteiger partial charge is 0.241 e. The van der Waals surface area contributed by atoms with Crippen molar-refractivity contribution in [1.29, 1.82) is 0 Å². The number of rotatable bonds is 9. The van der Waals surface area contributed by atoms with E-state index < -0.39 is 28.3 Å². The van der Waals surface area contributed by atoms with Crippen LogP contribution in [0.4, 0.5) is 0 Å². The largest absolute Gasteiger partial charge is 0.497 e. The molecule has 1 aromatic heterocycles. The van der Waals surface area contributed by atoms with Crippen LogP contribution >= 0.6 is 0 Å². The minimum Gasteiger partial charge on any atom is -0.497 e. The minimum absolute atomic E-state index is 0.0705. The molecule has 1 aliphatic heterocycles. The first kappa shape index (κ1) is 23.1. The summed E-state index contributed by atoms with van der Waals surface area (Å²) in [5.41, 5.74) is 0.938. The van der Waals surface area contributed by atoms with Gasteiger partial charge in [0.2, 0.25) is 15.9 Å². The monoisotopic (exact) mass is 449 g/mol. The Bertz CT molecular complexity index is 970. The van der Waals surface area contributed by atoms with Crippen LogP contribution in [0.5, 0.6) is 5.75 Å². The Hall–Kier alpha value is -2.53. The van der Waals surface area contributed by atoms with Crippen LogP contribution < -0.4 is 14.8 Å². The maximum absolute atomic E-state index is 12.7. The highest BCUT2D eigenvalue weighted by molar-refractivity contribution is 7.89. The molecule has 1 amide bonds. The van der Waals surface area contributed by atoms with Gasteiger partial charge in [0.15, 0.2) is 0 Å². The van der Waals surface area contributed by atoms with Gasteiger partial charge in [-0.3, -0.25) is 9.78 Å². The van der Waals surface area contributed by atoms with Crippen LogP contribution in [-0.4, -0.2) is 56.4 Å². The third-order valence-electron chi connectivity index (χ3n) is 5.11. The topological polar surface area (TPSA) is 127 Å². The van der Waals surface area contributed by atoms with Crippen LogP contribution in [0.2, 0.25) is 0 Å². The molecule has 3 N–H and O–H groups in total. The first-order valence-electron chi connectivity index (χ1n) is 9.99. The zero-order chi connectivity index (χ0) is 22.3. The molecule has 0 unspecified atom stereocenters. The van der Waals surface area contributed by atoms with E-state index in [9.17, 15) is 18.3 Å². The molecule has 2 heterocycles. The fraction of sp³-hybridized carbons (Fsp3) is 0.429. The molecule has 10 heteroatoms. The van der Waals surface area contributed by atoms with E-state index in [4.69, 9.17) is 9.47 Å². The summed E-state index contributed by atoms with van der Waals surface area (Å²) < 4.78 is 39.0. The summed E-state index contributed by atoms with van der Waals surface area (Å²) >= 11 is 0. The number of nitrogens with zero attached hydrogens (tertiary/aromatic N) is 1. The Morgan fingerprint density at radius 3 is 2.74 bits per heavy atom. The molecule has 1 aliphatic rings. The van der Waals surface area contributed by atoms with Crippen molar-refractivity contribution in [2.45, 2.75) is 49.0 Å². The van der Waals surface area contributed by atoms with Crippen LogP contribution in [0.1, 0.15) is 24.8 Å². The molecule has 0 spiro atoms. The van der Waals surface area contributed by atoms with E-state index in [-0.39, 0.29) is 23.8 Å².